The molecule has 3 aromatic carbocycles. The number of hydrogen-bond donors (Lipinski definition) is 2. The Balaban J connectivity index is 1.67. The number of carbonyl (C=O) groups excluding carboxylic acids is 1. The number of nitrogens with one attached hydrogen (secondary N) is 1. The van der Waals surface area contributed by atoms with Crippen LogP contribution in [0, 0.1) is 3.57 Å². The maximum Gasteiger partial charge on any atom is 0.244 e. The van der Waals surface area contributed by atoms with Gasteiger partial charge in [0.15, 0.2) is 0 Å². The van der Waals surface area contributed by atoms with E-state index < -0.39 is 0 Å². The molecule has 120 valence electrons. The first-order chi connectivity index (χ1) is 11.6. The van der Waals surface area contributed by atoms with Gasteiger partial charge in [-0.1, -0.05) is 42.5 Å². The molecule has 0 spiro atoms. The van der Waals surface area contributed by atoms with E-state index in [1.807, 2.05) is 65.1 Å². The molecule has 0 aliphatic carbocycles. The quantitative estimate of drug-likeness (QED) is 0.376. The molecular weight excluding hydrogens is 415 g/mol. The summed E-state index contributed by atoms with van der Waals surface area (Å²) in [7, 11) is 0. The first-order valence-electron chi connectivity index (χ1n) is 7.40. The van der Waals surface area contributed by atoms with E-state index in [0.29, 0.717) is 0 Å². The van der Waals surface area contributed by atoms with Gasteiger partial charge < -0.3 is 5.11 Å². The van der Waals surface area contributed by atoms with Crippen LogP contribution in [-0.4, -0.2) is 17.2 Å². The van der Waals surface area contributed by atoms with Crippen molar-refractivity contribution in [3.05, 3.63) is 75.4 Å². The maximum absolute atomic E-state index is 12.1. The van der Waals surface area contributed by atoms with Gasteiger partial charge in [0.05, 0.1) is 16.2 Å². The highest BCUT2D eigenvalue weighted by atomic mass is 127. The van der Waals surface area contributed by atoms with Gasteiger partial charge in [0, 0.05) is 0 Å². The van der Waals surface area contributed by atoms with Gasteiger partial charge in [-0.05, 0) is 62.7 Å². The van der Waals surface area contributed by atoms with Gasteiger partial charge in [-0.3, -0.25) is 4.79 Å². The lowest BCUT2D eigenvalue weighted by Crippen LogP contribution is -2.19. The number of hydrogen-bond acceptors (Lipinski definition) is 3. The Labute approximate surface area is 153 Å². The van der Waals surface area contributed by atoms with E-state index in [2.05, 4.69) is 10.5 Å². The van der Waals surface area contributed by atoms with Crippen LogP contribution in [0.15, 0.2) is 65.8 Å². The normalized spacial score (nSPS) is 11.0. The molecule has 0 unspecified atom stereocenters. The standard InChI is InChI=1S/C19H15IN2O2/c20-17-10-13(8-9-18(17)23)12-21-22-19(24)11-15-6-3-5-14-4-1-2-7-16(14)15/h1-10,12,23H,11H2,(H,22,24)/b21-12+. The number of phenols is 1. The number of carbonyl (C=O) groups is 1. The third kappa shape index (κ3) is 3.91. The fourth-order valence-electron chi connectivity index (χ4n) is 2.44. The zero-order valence-electron chi connectivity index (χ0n) is 12.7. The molecule has 3 aromatic rings. The second-order valence-electron chi connectivity index (χ2n) is 5.32. The molecular formula is C19H15IN2O2. The smallest absolute Gasteiger partial charge is 0.244 e. The van der Waals surface area contributed by atoms with Crippen molar-refractivity contribution in [1.82, 2.24) is 5.43 Å². The summed E-state index contributed by atoms with van der Waals surface area (Å²) < 4.78 is 0.735. The zero-order chi connectivity index (χ0) is 16.9. The lowest BCUT2D eigenvalue weighted by Gasteiger charge is -2.05. The predicted octanol–water partition coefficient (Wildman–Crippen LogP) is 3.84. The van der Waals surface area contributed by atoms with Crippen molar-refractivity contribution in [2.24, 2.45) is 5.10 Å². The molecule has 0 aliphatic heterocycles. The SMILES string of the molecule is O=C(Cc1cccc2ccccc12)N/N=C/c1ccc(O)c(I)c1. The second-order valence-corrected chi connectivity index (χ2v) is 6.48. The number of rotatable bonds is 4. The van der Waals surface area contributed by atoms with Gasteiger partial charge in [-0.2, -0.15) is 5.10 Å². The second kappa shape index (κ2) is 7.44. The number of aromatic hydroxyl groups is 1. The summed E-state index contributed by atoms with van der Waals surface area (Å²) in [6.45, 7) is 0. The van der Waals surface area contributed by atoms with E-state index in [9.17, 15) is 9.90 Å². The van der Waals surface area contributed by atoms with Gasteiger partial charge in [-0.25, -0.2) is 5.43 Å². The molecule has 3 rings (SSSR count). The van der Waals surface area contributed by atoms with Crippen LogP contribution in [0.1, 0.15) is 11.1 Å². The number of amides is 1. The molecule has 0 fully saturated rings. The number of hydrazone groups is 1. The van der Waals surface area contributed by atoms with Crippen LogP contribution >= 0.6 is 22.6 Å². The summed E-state index contributed by atoms with van der Waals surface area (Å²) in [4.78, 5) is 12.1. The first-order valence-corrected chi connectivity index (χ1v) is 8.48. The Morgan fingerprint density at radius 3 is 2.75 bits per heavy atom. The highest BCUT2D eigenvalue weighted by molar-refractivity contribution is 14.1. The van der Waals surface area contributed by atoms with Crippen molar-refractivity contribution in [3.8, 4) is 5.75 Å². The van der Waals surface area contributed by atoms with Crippen LogP contribution < -0.4 is 5.43 Å². The van der Waals surface area contributed by atoms with Gasteiger partial charge in [0.2, 0.25) is 5.91 Å². The Bertz CT molecular complexity index is 917. The molecule has 0 atom stereocenters. The molecule has 1 amide bonds. The van der Waals surface area contributed by atoms with E-state index in [-0.39, 0.29) is 18.1 Å². The molecule has 0 aromatic heterocycles. The molecule has 5 heteroatoms. The fourth-order valence-corrected chi connectivity index (χ4v) is 2.98. The fraction of sp³-hybridized carbons (Fsp3) is 0.0526. The van der Waals surface area contributed by atoms with Crippen molar-refractivity contribution < 1.29 is 9.90 Å². The van der Waals surface area contributed by atoms with E-state index in [1.54, 1.807) is 24.4 Å². The van der Waals surface area contributed by atoms with Crippen LogP contribution in [0.4, 0.5) is 0 Å². The van der Waals surface area contributed by atoms with E-state index in [1.165, 1.54) is 0 Å². The van der Waals surface area contributed by atoms with Crippen LogP contribution in [0.2, 0.25) is 0 Å². The lowest BCUT2D eigenvalue weighted by molar-refractivity contribution is -0.120. The highest BCUT2D eigenvalue weighted by Crippen LogP contribution is 2.20. The monoisotopic (exact) mass is 430 g/mol. The highest BCUT2D eigenvalue weighted by Gasteiger charge is 2.06. The van der Waals surface area contributed by atoms with Gasteiger partial charge in [-0.15, -0.1) is 0 Å². The summed E-state index contributed by atoms with van der Waals surface area (Å²) in [5.74, 6) is 0.0591. The van der Waals surface area contributed by atoms with E-state index in [4.69, 9.17) is 0 Å². The molecule has 0 aliphatic rings. The van der Waals surface area contributed by atoms with Crippen LogP contribution in [0.5, 0.6) is 5.75 Å². The molecule has 2 N–H and O–H groups in total. The molecule has 0 radical (unpaired) electrons. The zero-order valence-corrected chi connectivity index (χ0v) is 14.9. The van der Waals surface area contributed by atoms with Crippen molar-refractivity contribution in [2.45, 2.75) is 6.42 Å². The summed E-state index contributed by atoms with van der Waals surface area (Å²) in [6.07, 6.45) is 1.83. The summed E-state index contributed by atoms with van der Waals surface area (Å²) >= 11 is 2.04. The van der Waals surface area contributed by atoms with Gasteiger partial charge in [0.1, 0.15) is 5.75 Å². The Morgan fingerprint density at radius 2 is 1.92 bits per heavy atom. The van der Waals surface area contributed by atoms with Gasteiger partial charge >= 0.3 is 0 Å². The molecule has 0 bridgehead atoms. The molecule has 0 saturated carbocycles. The van der Waals surface area contributed by atoms with Crippen LogP contribution in [-0.2, 0) is 11.2 Å². The maximum atomic E-state index is 12.1. The summed E-state index contributed by atoms with van der Waals surface area (Å²) in [6, 6.07) is 19.0. The van der Waals surface area contributed by atoms with Crippen molar-refractivity contribution >= 4 is 45.5 Å². The third-order valence-corrected chi connectivity index (χ3v) is 4.47. The Hall–Kier alpha value is -2.41. The number of nitrogens with zero attached hydrogens (tertiary/aromatic N) is 1. The Kier molecular flexibility index (Phi) is 5.10. The molecule has 4 nitrogen and oxygen atoms in total. The summed E-state index contributed by atoms with van der Waals surface area (Å²) in [5, 5.41) is 15.7. The first kappa shape index (κ1) is 16.4. The average Bonchev–Trinajstić information content (AvgIpc) is 2.58. The van der Waals surface area contributed by atoms with Crippen LogP contribution in [0.3, 0.4) is 0 Å². The minimum atomic E-state index is -0.170. The molecule has 0 heterocycles. The lowest BCUT2D eigenvalue weighted by atomic mass is 10.0. The van der Waals surface area contributed by atoms with Crippen LogP contribution in [0.25, 0.3) is 10.8 Å². The minimum absolute atomic E-state index is 0.170. The minimum Gasteiger partial charge on any atom is -0.507 e. The number of fused-ring (bicyclic) bond motifs is 1. The third-order valence-electron chi connectivity index (χ3n) is 3.61. The number of benzene rings is 3. The van der Waals surface area contributed by atoms with Crippen molar-refractivity contribution in [1.29, 1.82) is 0 Å². The summed E-state index contributed by atoms with van der Waals surface area (Å²) in [5.41, 5.74) is 4.32. The predicted molar refractivity (Wildman–Crippen MR) is 104 cm³/mol. The van der Waals surface area contributed by atoms with E-state index in [0.717, 1.165) is 25.5 Å². The largest absolute Gasteiger partial charge is 0.507 e. The van der Waals surface area contributed by atoms with Crippen molar-refractivity contribution in [2.75, 3.05) is 0 Å². The number of phenolic OH excluding ortho intramolecular Hbond substituents is 1. The van der Waals surface area contributed by atoms with E-state index >= 15 is 0 Å². The topological polar surface area (TPSA) is 61.7 Å². The Morgan fingerprint density at radius 1 is 1.12 bits per heavy atom. The van der Waals surface area contributed by atoms with Gasteiger partial charge in [0.25, 0.3) is 0 Å². The molecule has 0 saturated heterocycles. The molecule has 24 heavy (non-hydrogen) atoms. The number of halogens is 1. The average molecular weight is 430 g/mol. The van der Waals surface area contributed by atoms with Crippen molar-refractivity contribution in [3.63, 3.8) is 0 Å².